The fourth-order valence-electron chi connectivity index (χ4n) is 4.33. The van der Waals surface area contributed by atoms with Crippen molar-refractivity contribution in [2.75, 3.05) is 24.7 Å². The van der Waals surface area contributed by atoms with Crippen molar-refractivity contribution in [1.82, 2.24) is 19.9 Å². The predicted molar refractivity (Wildman–Crippen MR) is 107 cm³/mol. The topological polar surface area (TPSA) is 90.2 Å². The third kappa shape index (κ3) is 2.97. The van der Waals surface area contributed by atoms with Gasteiger partial charge in [-0.25, -0.2) is 13.9 Å². The summed E-state index contributed by atoms with van der Waals surface area (Å²) in [6.45, 7) is 3.41. The molecule has 1 N–H and O–H groups in total. The lowest BCUT2D eigenvalue weighted by Crippen LogP contribution is -2.49. The highest BCUT2D eigenvalue weighted by Crippen LogP contribution is 2.39. The molecule has 0 saturated carbocycles. The maximum absolute atomic E-state index is 14.2. The molecule has 5 heterocycles. The van der Waals surface area contributed by atoms with Crippen molar-refractivity contribution in [3.05, 3.63) is 47.5 Å². The Morgan fingerprint density at radius 2 is 2.13 bits per heavy atom. The summed E-state index contributed by atoms with van der Waals surface area (Å²) in [7, 11) is 0. The number of ether oxygens (including phenoxy) is 3. The zero-order valence-corrected chi connectivity index (χ0v) is 16.7. The van der Waals surface area contributed by atoms with Crippen LogP contribution in [0.5, 0.6) is 11.5 Å². The Balaban J connectivity index is 1.56. The minimum Gasteiger partial charge on any atom is -0.489 e. The molecule has 1 amide bonds. The number of halogens is 1. The number of carbonyl (C=O) groups is 1. The zero-order chi connectivity index (χ0) is 21.1. The minimum absolute atomic E-state index is 0.0960. The van der Waals surface area contributed by atoms with Crippen molar-refractivity contribution in [3.8, 4) is 11.5 Å². The summed E-state index contributed by atoms with van der Waals surface area (Å²) in [5, 5.41) is 7.14. The Bertz CT molecular complexity index is 1200. The van der Waals surface area contributed by atoms with Gasteiger partial charge in [0.25, 0.3) is 5.91 Å². The molecule has 160 valence electrons. The molecule has 0 spiro atoms. The Labute approximate surface area is 176 Å². The van der Waals surface area contributed by atoms with Gasteiger partial charge in [0, 0.05) is 12.1 Å². The van der Waals surface area contributed by atoms with Crippen molar-refractivity contribution in [2.45, 2.75) is 31.7 Å². The molecule has 3 aliphatic heterocycles. The molecule has 2 bridgehead atoms. The second-order valence-corrected chi connectivity index (χ2v) is 8.03. The number of nitrogens with zero attached hydrogens (tertiary/aromatic N) is 4. The smallest absolute Gasteiger partial charge is 0.256 e. The molecule has 3 aromatic rings. The summed E-state index contributed by atoms with van der Waals surface area (Å²) < 4.78 is 33.6. The van der Waals surface area contributed by atoms with E-state index in [-0.39, 0.29) is 36.5 Å². The first kappa shape index (κ1) is 18.4. The van der Waals surface area contributed by atoms with Crippen LogP contribution in [0.1, 0.15) is 22.8 Å². The number of amides is 1. The van der Waals surface area contributed by atoms with Gasteiger partial charge in [-0.3, -0.25) is 4.79 Å². The second kappa shape index (κ2) is 6.81. The van der Waals surface area contributed by atoms with E-state index in [1.54, 1.807) is 12.3 Å². The second-order valence-electron chi connectivity index (χ2n) is 8.03. The lowest BCUT2D eigenvalue weighted by atomic mass is 10.1. The van der Waals surface area contributed by atoms with Crippen LogP contribution >= 0.6 is 0 Å². The van der Waals surface area contributed by atoms with Crippen molar-refractivity contribution >= 4 is 17.4 Å². The fourth-order valence-corrected chi connectivity index (χ4v) is 4.33. The van der Waals surface area contributed by atoms with E-state index in [0.29, 0.717) is 53.8 Å². The first-order valence-electron chi connectivity index (χ1n) is 10.2. The van der Waals surface area contributed by atoms with Crippen molar-refractivity contribution < 1.29 is 23.4 Å². The van der Waals surface area contributed by atoms with Crippen molar-refractivity contribution in [3.63, 3.8) is 0 Å². The highest BCUT2D eigenvalue weighted by molar-refractivity contribution is 5.99. The van der Waals surface area contributed by atoms with Gasteiger partial charge >= 0.3 is 0 Å². The van der Waals surface area contributed by atoms with E-state index in [1.807, 2.05) is 6.92 Å². The molecule has 1 fully saturated rings. The van der Waals surface area contributed by atoms with Crippen LogP contribution in [0.3, 0.4) is 0 Å². The Hall–Kier alpha value is -3.40. The number of hydrogen-bond donors (Lipinski definition) is 1. The first-order chi connectivity index (χ1) is 15.1. The summed E-state index contributed by atoms with van der Waals surface area (Å²) in [6, 6.07) is 4.37. The molecule has 1 aromatic carbocycles. The SMILES string of the molecule is C[C@H]1CNC(=O)c2cnn3cc4c(nc23)N(Cc2cc(F)ccc2O1)[C@@H]1COC[C@@H]1O4. The minimum atomic E-state index is -0.346. The standard InChI is InChI=1S/C21H20FN5O4/c1-11-5-23-21(28)14-6-24-27-8-17-20(25-19(14)27)26(15-9-29-10-18(15)31-17)7-12-4-13(22)2-3-16(12)30-11/h2-4,6,8,11,15,18H,5,7,9-10H2,1H3,(H,23,28)/t11-,15+,18-/m0/s1. The number of carbonyl (C=O) groups excluding carboxylic acids is 1. The van der Waals surface area contributed by atoms with Gasteiger partial charge in [-0.1, -0.05) is 0 Å². The van der Waals surface area contributed by atoms with E-state index in [9.17, 15) is 9.18 Å². The van der Waals surface area contributed by atoms with Crippen molar-refractivity contribution in [1.29, 1.82) is 0 Å². The highest BCUT2D eigenvalue weighted by Gasteiger charge is 2.42. The summed E-state index contributed by atoms with van der Waals surface area (Å²) in [4.78, 5) is 19.6. The molecule has 31 heavy (non-hydrogen) atoms. The van der Waals surface area contributed by atoms with Gasteiger partial charge < -0.3 is 24.4 Å². The van der Waals surface area contributed by atoms with Gasteiger partial charge in [-0.2, -0.15) is 5.10 Å². The van der Waals surface area contributed by atoms with E-state index in [1.165, 1.54) is 22.8 Å². The summed E-state index contributed by atoms with van der Waals surface area (Å²) in [5.41, 5.74) is 1.48. The van der Waals surface area contributed by atoms with Crippen LogP contribution in [0.15, 0.2) is 30.6 Å². The maximum atomic E-state index is 14.2. The van der Waals surface area contributed by atoms with Crippen LogP contribution in [0, 0.1) is 5.82 Å². The normalized spacial score (nSPS) is 24.9. The number of rotatable bonds is 0. The fraction of sp³-hybridized carbons (Fsp3) is 0.381. The third-order valence-corrected chi connectivity index (χ3v) is 5.88. The molecule has 10 heteroatoms. The molecular formula is C21H20FN5O4. The Morgan fingerprint density at radius 1 is 1.23 bits per heavy atom. The number of nitrogens with one attached hydrogen (secondary N) is 1. The summed E-state index contributed by atoms with van der Waals surface area (Å²) in [6.07, 6.45) is 2.71. The van der Waals surface area contributed by atoms with Crippen LogP contribution < -0.4 is 19.7 Å². The van der Waals surface area contributed by atoms with E-state index >= 15 is 0 Å². The average molecular weight is 425 g/mol. The van der Waals surface area contributed by atoms with Gasteiger partial charge in [-0.15, -0.1) is 0 Å². The first-order valence-corrected chi connectivity index (χ1v) is 10.2. The molecule has 0 radical (unpaired) electrons. The maximum Gasteiger partial charge on any atom is 0.256 e. The van der Waals surface area contributed by atoms with E-state index in [4.69, 9.17) is 19.2 Å². The molecule has 9 nitrogen and oxygen atoms in total. The van der Waals surface area contributed by atoms with Gasteiger partial charge in [0.05, 0.1) is 38.2 Å². The summed E-state index contributed by atoms with van der Waals surface area (Å²) >= 11 is 0. The molecule has 3 atom stereocenters. The lowest BCUT2D eigenvalue weighted by Gasteiger charge is -2.38. The number of aromatic nitrogens is 3. The molecule has 1 saturated heterocycles. The number of fused-ring (bicyclic) bond motifs is 3. The molecule has 3 aliphatic rings. The lowest BCUT2D eigenvalue weighted by molar-refractivity contribution is 0.0933. The van der Waals surface area contributed by atoms with Crippen LogP contribution in [0.2, 0.25) is 0 Å². The molecule has 0 unspecified atom stereocenters. The molecule has 2 aromatic heterocycles. The van der Waals surface area contributed by atoms with Gasteiger partial charge in [0.2, 0.25) is 0 Å². The summed E-state index contributed by atoms with van der Waals surface area (Å²) in [5.74, 6) is 1.03. The highest BCUT2D eigenvalue weighted by atomic mass is 19.1. The zero-order valence-electron chi connectivity index (χ0n) is 16.7. The van der Waals surface area contributed by atoms with Gasteiger partial charge in [0.1, 0.15) is 29.3 Å². The number of anilines is 1. The molecule has 6 rings (SSSR count). The largest absolute Gasteiger partial charge is 0.489 e. The van der Waals surface area contributed by atoms with Crippen LogP contribution in [-0.2, 0) is 11.3 Å². The van der Waals surface area contributed by atoms with Crippen LogP contribution in [0.25, 0.3) is 5.65 Å². The number of benzene rings is 1. The van der Waals surface area contributed by atoms with E-state index in [2.05, 4.69) is 15.3 Å². The van der Waals surface area contributed by atoms with Crippen LogP contribution in [-0.4, -0.2) is 58.5 Å². The molecule has 0 aliphatic carbocycles. The predicted octanol–water partition coefficient (Wildman–Crippen LogP) is 1.55. The average Bonchev–Trinajstić information content (AvgIpc) is 3.38. The van der Waals surface area contributed by atoms with Crippen molar-refractivity contribution in [2.24, 2.45) is 0 Å². The monoisotopic (exact) mass is 425 g/mol. The Morgan fingerprint density at radius 3 is 3.03 bits per heavy atom. The quantitative estimate of drug-likeness (QED) is 0.584. The van der Waals surface area contributed by atoms with E-state index < -0.39 is 0 Å². The van der Waals surface area contributed by atoms with E-state index in [0.717, 1.165) is 0 Å². The Kier molecular flexibility index (Phi) is 4.04. The van der Waals surface area contributed by atoms with Crippen LogP contribution in [0.4, 0.5) is 10.2 Å². The van der Waals surface area contributed by atoms with Gasteiger partial charge in [-0.05, 0) is 25.1 Å². The van der Waals surface area contributed by atoms with Gasteiger partial charge in [0.15, 0.2) is 17.2 Å². The third-order valence-electron chi connectivity index (χ3n) is 5.88. The number of hydrogen-bond acceptors (Lipinski definition) is 7. The molecular weight excluding hydrogens is 405 g/mol.